The van der Waals surface area contributed by atoms with Crippen LogP contribution in [-0.4, -0.2) is 44.5 Å². The Labute approximate surface area is 165 Å². The van der Waals surface area contributed by atoms with Crippen molar-refractivity contribution in [3.63, 3.8) is 0 Å². The van der Waals surface area contributed by atoms with Crippen molar-refractivity contribution in [2.45, 2.75) is 64.5 Å². The Bertz CT molecular complexity index is 522. The zero-order valence-corrected chi connectivity index (χ0v) is 18.7. The van der Waals surface area contributed by atoms with Crippen molar-refractivity contribution in [2.75, 3.05) is 25.4 Å². The first-order chi connectivity index (χ1) is 10.8. The van der Waals surface area contributed by atoms with Crippen molar-refractivity contribution in [1.82, 2.24) is 10.6 Å². The SMILES string of the molecule is CCNC(=NCCS(=O)(=O)C(C)(C)C)NCCC1=CCCCC1.I. The van der Waals surface area contributed by atoms with Crippen LogP contribution in [0.1, 0.15) is 59.8 Å². The Morgan fingerprint density at radius 1 is 1.25 bits per heavy atom. The summed E-state index contributed by atoms with van der Waals surface area (Å²) in [5.41, 5.74) is 1.52. The molecule has 0 heterocycles. The van der Waals surface area contributed by atoms with E-state index in [2.05, 4.69) is 21.7 Å². The predicted octanol–water partition coefficient (Wildman–Crippen LogP) is 3.26. The molecule has 24 heavy (non-hydrogen) atoms. The van der Waals surface area contributed by atoms with Crippen LogP contribution in [0.5, 0.6) is 0 Å². The van der Waals surface area contributed by atoms with Gasteiger partial charge >= 0.3 is 0 Å². The molecule has 0 fully saturated rings. The molecule has 0 saturated heterocycles. The molecule has 0 aromatic rings. The smallest absolute Gasteiger partial charge is 0.191 e. The molecule has 1 aliphatic rings. The third kappa shape index (κ3) is 8.69. The van der Waals surface area contributed by atoms with Gasteiger partial charge in [-0.05, 0) is 59.8 Å². The topological polar surface area (TPSA) is 70.6 Å². The normalized spacial score (nSPS) is 16.2. The van der Waals surface area contributed by atoms with Crippen molar-refractivity contribution in [3.8, 4) is 0 Å². The van der Waals surface area contributed by atoms with Crippen LogP contribution >= 0.6 is 24.0 Å². The lowest BCUT2D eigenvalue weighted by Gasteiger charge is -2.18. The highest BCUT2D eigenvalue weighted by molar-refractivity contribution is 14.0. The minimum Gasteiger partial charge on any atom is -0.357 e. The molecule has 0 radical (unpaired) electrons. The fraction of sp³-hybridized carbons (Fsp3) is 0.824. The van der Waals surface area contributed by atoms with Crippen molar-refractivity contribution >= 4 is 39.8 Å². The molecule has 0 saturated carbocycles. The summed E-state index contributed by atoms with van der Waals surface area (Å²) < 4.78 is 23.5. The second kappa shape index (κ2) is 11.3. The second-order valence-electron chi connectivity index (χ2n) is 6.98. The summed E-state index contributed by atoms with van der Waals surface area (Å²) in [4.78, 5) is 4.39. The molecule has 7 heteroatoms. The number of hydrogen-bond acceptors (Lipinski definition) is 3. The van der Waals surface area contributed by atoms with Crippen molar-refractivity contribution in [2.24, 2.45) is 4.99 Å². The van der Waals surface area contributed by atoms with Gasteiger partial charge in [-0.15, -0.1) is 24.0 Å². The third-order valence-electron chi connectivity index (χ3n) is 4.03. The Kier molecular flexibility index (Phi) is 11.2. The van der Waals surface area contributed by atoms with E-state index in [1.165, 1.54) is 31.3 Å². The van der Waals surface area contributed by atoms with E-state index in [0.29, 0.717) is 5.96 Å². The van der Waals surface area contributed by atoms with Gasteiger partial charge in [0.2, 0.25) is 0 Å². The van der Waals surface area contributed by atoms with E-state index in [4.69, 9.17) is 0 Å². The molecule has 2 N–H and O–H groups in total. The van der Waals surface area contributed by atoms with Crippen LogP contribution in [0.4, 0.5) is 0 Å². The Balaban J connectivity index is 0.00000529. The van der Waals surface area contributed by atoms with Crippen LogP contribution in [0.25, 0.3) is 0 Å². The van der Waals surface area contributed by atoms with Crippen molar-refractivity contribution in [3.05, 3.63) is 11.6 Å². The number of rotatable bonds is 7. The maximum absolute atomic E-state index is 12.1. The van der Waals surface area contributed by atoms with Crippen LogP contribution in [0.3, 0.4) is 0 Å². The summed E-state index contributed by atoms with van der Waals surface area (Å²) in [6.45, 7) is 9.09. The molecular weight excluding hydrogens is 437 g/mol. The summed E-state index contributed by atoms with van der Waals surface area (Å²) in [7, 11) is -3.12. The fourth-order valence-corrected chi connectivity index (χ4v) is 3.34. The summed E-state index contributed by atoms with van der Waals surface area (Å²) in [6, 6.07) is 0. The van der Waals surface area contributed by atoms with Crippen LogP contribution in [0.2, 0.25) is 0 Å². The molecule has 0 atom stereocenters. The molecule has 0 aromatic carbocycles. The van der Waals surface area contributed by atoms with Crippen LogP contribution < -0.4 is 10.6 Å². The minimum atomic E-state index is -3.12. The monoisotopic (exact) mass is 471 g/mol. The first-order valence-corrected chi connectivity index (χ1v) is 10.3. The Morgan fingerprint density at radius 3 is 2.50 bits per heavy atom. The quantitative estimate of drug-likeness (QED) is 0.259. The maximum atomic E-state index is 12.1. The van der Waals surface area contributed by atoms with Gasteiger partial charge in [-0.25, -0.2) is 8.42 Å². The average Bonchev–Trinajstić information content (AvgIpc) is 2.47. The van der Waals surface area contributed by atoms with Gasteiger partial charge in [-0.3, -0.25) is 4.99 Å². The zero-order chi connectivity index (χ0) is 17.3. The predicted molar refractivity (Wildman–Crippen MR) is 114 cm³/mol. The number of guanidine groups is 1. The average molecular weight is 471 g/mol. The summed E-state index contributed by atoms with van der Waals surface area (Å²) >= 11 is 0. The van der Waals surface area contributed by atoms with Gasteiger partial charge in [0.05, 0.1) is 17.0 Å². The van der Waals surface area contributed by atoms with Crippen molar-refractivity contribution < 1.29 is 8.42 Å². The highest BCUT2D eigenvalue weighted by Crippen LogP contribution is 2.19. The van der Waals surface area contributed by atoms with E-state index in [0.717, 1.165) is 19.5 Å². The van der Waals surface area contributed by atoms with Gasteiger partial charge in [-0.2, -0.15) is 0 Å². The van der Waals surface area contributed by atoms with E-state index in [1.54, 1.807) is 20.8 Å². The van der Waals surface area contributed by atoms with E-state index >= 15 is 0 Å². The third-order valence-corrected chi connectivity index (χ3v) is 6.62. The molecule has 0 aromatic heterocycles. The van der Waals surface area contributed by atoms with E-state index < -0.39 is 14.6 Å². The van der Waals surface area contributed by atoms with Gasteiger partial charge in [0.1, 0.15) is 0 Å². The number of nitrogens with zero attached hydrogens (tertiary/aromatic N) is 1. The number of aliphatic imine (C=N–C) groups is 1. The number of sulfone groups is 1. The molecule has 5 nitrogen and oxygen atoms in total. The van der Waals surface area contributed by atoms with Gasteiger partial charge in [0, 0.05) is 13.1 Å². The highest BCUT2D eigenvalue weighted by atomic mass is 127. The van der Waals surface area contributed by atoms with Gasteiger partial charge in [0.25, 0.3) is 0 Å². The lowest BCUT2D eigenvalue weighted by molar-refractivity contribution is 0.560. The van der Waals surface area contributed by atoms with Crippen molar-refractivity contribution in [1.29, 1.82) is 0 Å². The molecule has 0 unspecified atom stereocenters. The molecule has 1 aliphatic carbocycles. The van der Waals surface area contributed by atoms with Gasteiger partial charge < -0.3 is 10.6 Å². The largest absolute Gasteiger partial charge is 0.357 e. The molecule has 0 bridgehead atoms. The van der Waals surface area contributed by atoms with Gasteiger partial charge in [0.15, 0.2) is 15.8 Å². The summed E-state index contributed by atoms with van der Waals surface area (Å²) in [5.74, 6) is 0.783. The molecule has 142 valence electrons. The lowest BCUT2D eigenvalue weighted by Crippen LogP contribution is -2.38. The zero-order valence-electron chi connectivity index (χ0n) is 15.5. The number of halogens is 1. The second-order valence-corrected chi connectivity index (χ2v) is 9.84. The first kappa shape index (κ1) is 23.7. The standard InChI is InChI=1S/C17H33N3O2S.HI/c1-5-18-16(19-12-11-15-9-7-6-8-10-15)20-13-14-23(21,22)17(2,3)4;/h9H,5-8,10-14H2,1-4H3,(H2,18,19,20);1H. The molecule has 0 spiro atoms. The Hall–Kier alpha value is -0.310. The number of hydrogen-bond donors (Lipinski definition) is 2. The van der Waals surface area contributed by atoms with E-state index in [9.17, 15) is 8.42 Å². The maximum Gasteiger partial charge on any atom is 0.191 e. The van der Waals surface area contributed by atoms with E-state index in [1.807, 2.05) is 6.92 Å². The van der Waals surface area contributed by atoms with Crippen LogP contribution in [0, 0.1) is 0 Å². The molecule has 1 rings (SSSR count). The molecule has 0 amide bonds. The fourth-order valence-electron chi connectivity index (χ4n) is 2.40. The number of nitrogens with one attached hydrogen (secondary N) is 2. The van der Waals surface area contributed by atoms with Crippen LogP contribution in [0.15, 0.2) is 16.6 Å². The minimum absolute atomic E-state index is 0. The Morgan fingerprint density at radius 2 is 1.96 bits per heavy atom. The first-order valence-electron chi connectivity index (χ1n) is 8.68. The molecule has 0 aliphatic heterocycles. The lowest BCUT2D eigenvalue weighted by atomic mass is 9.97. The van der Waals surface area contributed by atoms with Gasteiger partial charge in [-0.1, -0.05) is 11.6 Å². The highest BCUT2D eigenvalue weighted by Gasteiger charge is 2.28. The molecular formula is C17H34IN3O2S. The number of allylic oxidation sites excluding steroid dienone is 1. The van der Waals surface area contributed by atoms with Crippen LogP contribution in [-0.2, 0) is 9.84 Å². The van der Waals surface area contributed by atoms with E-state index in [-0.39, 0.29) is 36.3 Å². The summed E-state index contributed by atoms with van der Waals surface area (Å²) in [6.07, 6.45) is 8.40. The summed E-state index contributed by atoms with van der Waals surface area (Å²) in [5, 5.41) is 6.47.